The Labute approximate surface area is 131 Å². The van der Waals surface area contributed by atoms with Gasteiger partial charge in [0.05, 0.1) is 11.7 Å². The lowest BCUT2D eigenvalue weighted by Gasteiger charge is -2.19. The fourth-order valence-electron chi connectivity index (χ4n) is 2.28. The largest absolute Gasteiger partial charge is 0.326 e. The van der Waals surface area contributed by atoms with Gasteiger partial charge in [0.15, 0.2) is 0 Å². The van der Waals surface area contributed by atoms with Gasteiger partial charge in [-0.25, -0.2) is 4.39 Å². The van der Waals surface area contributed by atoms with Crippen molar-refractivity contribution in [2.45, 2.75) is 18.9 Å². The summed E-state index contributed by atoms with van der Waals surface area (Å²) in [7, 11) is 0. The fraction of sp³-hybridized carbons (Fsp3) is 0.385. The number of hydrogen-bond acceptors (Lipinski definition) is 4. The summed E-state index contributed by atoms with van der Waals surface area (Å²) in [6.07, 6.45) is 0.883. The van der Waals surface area contributed by atoms with Crippen molar-refractivity contribution >= 4 is 47.4 Å². The quantitative estimate of drug-likeness (QED) is 0.772. The average molecular weight is 332 g/mol. The Kier molecular flexibility index (Phi) is 5.08. The number of anilines is 2. The summed E-state index contributed by atoms with van der Waals surface area (Å²) < 4.78 is 14.0. The van der Waals surface area contributed by atoms with E-state index in [0.717, 1.165) is 11.4 Å². The van der Waals surface area contributed by atoms with Crippen LogP contribution in [0.25, 0.3) is 0 Å². The maximum atomic E-state index is 14.0. The van der Waals surface area contributed by atoms with Crippen molar-refractivity contribution in [3.63, 3.8) is 0 Å². The number of hydrogen-bond donors (Lipinski definition) is 3. The molecule has 1 aromatic rings. The third kappa shape index (κ3) is 3.48. The number of halogens is 2. The van der Waals surface area contributed by atoms with Crippen LogP contribution in [0.3, 0.4) is 0 Å². The zero-order valence-electron chi connectivity index (χ0n) is 11.1. The topological polar surface area (TPSA) is 70.2 Å². The summed E-state index contributed by atoms with van der Waals surface area (Å²) in [6, 6.07) is 2.56. The van der Waals surface area contributed by atoms with Gasteiger partial charge >= 0.3 is 0 Å². The molecule has 2 aliphatic heterocycles. The number of carbonyl (C=O) groups excluding carboxylic acids is 2. The summed E-state index contributed by atoms with van der Waals surface area (Å²) in [4.78, 5) is 23.3. The van der Waals surface area contributed by atoms with Crippen LogP contribution in [-0.4, -0.2) is 29.5 Å². The van der Waals surface area contributed by atoms with Crippen LogP contribution in [0.4, 0.5) is 15.8 Å². The monoisotopic (exact) mass is 331 g/mol. The van der Waals surface area contributed by atoms with Crippen molar-refractivity contribution in [2.75, 3.05) is 22.3 Å². The highest BCUT2D eigenvalue weighted by atomic mass is 35.5. The van der Waals surface area contributed by atoms with Crippen LogP contribution in [0.1, 0.15) is 12.0 Å². The lowest BCUT2D eigenvalue weighted by Crippen LogP contribution is -2.37. The van der Waals surface area contributed by atoms with Crippen LogP contribution in [-0.2, 0) is 16.0 Å². The Bertz CT molecular complexity index is 579. The van der Waals surface area contributed by atoms with E-state index in [4.69, 9.17) is 0 Å². The van der Waals surface area contributed by atoms with Crippen molar-refractivity contribution in [1.82, 2.24) is 5.32 Å². The predicted molar refractivity (Wildman–Crippen MR) is 83.5 cm³/mol. The lowest BCUT2D eigenvalue weighted by atomic mass is 10.0. The van der Waals surface area contributed by atoms with E-state index in [1.807, 2.05) is 0 Å². The second-order valence-corrected chi connectivity index (χ2v) is 5.83. The van der Waals surface area contributed by atoms with E-state index in [0.29, 0.717) is 24.3 Å². The van der Waals surface area contributed by atoms with E-state index in [1.54, 1.807) is 11.8 Å². The van der Waals surface area contributed by atoms with Gasteiger partial charge in [-0.2, -0.15) is 0 Å². The maximum Gasteiger partial charge on any atom is 0.242 e. The molecule has 2 aliphatic rings. The molecule has 3 N–H and O–H groups in total. The molecule has 0 saturated carbocycles. The molecular weight excluding hydrogens is 317 g/mol. The highest BCUT2D eigenvalue weighted by Crippen LogP contribution is 2.28. The molecule has 0 spiro atoms. The number of thioether (sulfide) groups is 1. The minimum absolute atomic E-state index is 0. The molecule has 0 radical (unpaired) electrons. The molecule has 1 saturated heterocycles. The van der Waals surface area contributed by atoms with Gasteiger partial charge in [-0.3, -0.25) is 14.9 Å². The molecule has 0 aromatic heterocycles. The van der Waals surface area contributed by atoms with Gasteiger partial charge in [-0.05, 0) is 24.1 Å². The van der Waals surface area contributed by atoms with Crippen molar-refractivity contribution < 1.29 is 14.0 Å². The third-order valence-corrected chi connectivity index (χ3v) is 4.32. The Morgan fingerprint density at radius 3 is 2.90 bits per heavy atom. The van der Waals surface area contributed by atoms with E-state index < -0.39 is 5.82 Å². The van der Waals surface area contributed by atoms with Gasteiger partial charge < -0.3 is 10.6 Å². The second kappa shape index (κ2) is 6.64. The van der Waals surface area contributed by atoms with E-state index in [9.17, 15) is 14.0 Å². The van der Waals surface area contributed by atoms with E-state index in [1.165, 1.54) is 12.1 Å². The van der Waals surface area contributed by atoms with Crippen molar-refractivity contribution in [2.24, 2.45) is 0 Å². The molecule has 8 heteroatoms. The first-order valence-corrected chi connectivity index (χ1v) is 7.53. The maximum absolute atomic E-state index is 14.0. The van der Waals surface area contributed by atoms with Crippen LogP contribution in [0.15, 0.2) is 12.1 Å². The van der Waals surface area contributed by atoms with E-state index in [-0.39, 0.29) is 36.0 Å². The molecule has 2 amide bonds. The molecule has 0 bridgehead atoms. The number of nitrogens with one attached hydrogen (secondary N) is 3. The molecule has 0 aliphatic carbocycles. The standard InChI is InChI=1S/C13H14FN3O2S.ClH/c14-8-3-7-1-2-12(18)16-9(7)4-10(8)17-13(19)11-5-20-6-15-11;/h3-4,11,15H,1-2,5-6H2,(H,16,18)(H,17,19);1H. The summed E-state index contributed by atoms with van der Waals surface area (Å²) in [5.41, 5.74) is 1.44. The summed E-state index contributed by atoms with van der Waals surface area (Å²) in [6.45, 7) is 0. The van der Waals surface area contributed by atoms with Crippen LogP contribution in [0, 0.1) is 5.82 Å². The highest BCUT2D eigenvalue weighted by Gasteiger charge is 2.24. The Hall–Kier alpha value is -1.31. The Balaban J connectivity index is 0.00000161. The van der Waals surface area contributed by atoms with Crippen molar-refractivity contribution in [1.29, 1.82) is 0 Å². The van der Waals surface area contributed by atoms with Gasteiger partial charge in [0.1, 0.15) is 5.82 Å². The summed E-state index contributed by atoms with van der Waals surface area (Å²) in [5.74, 6) is 0.584. The fourth-order valence-corrected chi connectivity index (χ4v) is 3.22. The predicted octanol–water partition coefficient (Wildman–Crippen LogP) is 1.73. The van der Waals surface area contributed by atoms with E-state index >= 15 is 0 Å². The number of fused-ring (bicyclic) bond motifs is 1. The van der Waals surface area contributed by atoms with Crippen molar-refractivity contribution in [3.05, 3.63) is 23.5 Å². The number of aryl methyl sites for hydroxylation is 1. The van der Waals surface area contributed by atoms with Crippen molar-refractivity contribution in [3.8, 4) is 0 Å². The molecule has 3 rings (SSSR count). The number of rotatable bonds is 2. The Morgan fingerprint density at radius 1 is 1.38 bits per heavy atom. The molecule has 114 valence electrons. The first-order chi connectivity index (χ1) is 9.63. The molecule has 1 aromatic carbocycles. The normalized spacial score (nSPS) is 20.2. The molecule has 21 heavy (non-hydrogen) atoms. The van der Waals surface area contributed by atoms with Gasteiger partial charge in [-0.15, -0.1) is 24.2 Å². The zero-order chi connectivity index (χ0) is 14.1. The van der Waals surface area contributed by atoms with Gasteiger partial charge in [0.2, 0.25) is 11.8 Å². The molecule has 1 unspecified atom stereocenters. The zero-order valence-corrected chi connectivity index (χ0v) is 12.7. The van der Waals surface area contributed by atoms with Crippen LogP contribution in [0.5, 0.6) is 0 Å². The van der Waals surface area contributed by atoms with Gasteiger partial charge in [0, 0.05) is 23.7 Å². The molecule has 1 fully saturated rings. The number of carbonyl (C=O) groups is 2. The minimum atomic E-state index is -0.473. The summed E-state index contributed by atoms with van der Waals surface area (Å²) >= 11 is 1.63. The van der Waals surface area contributed by atoms with Crippen LogP contribution in [0.2, 0.25) is 0 Å². The first kappa shape index (κ1) is 16.1. The first-order valence-electron chi connectivity index (χ1n) is 6.38. The van der Waals surface area contributed by atoms with Gasteiger partial charge in [0.25, 0.3) is 0 Å². The van der Waals surface area contributed by atoms with Crippen LogP contribution >= 0.6 is 24.2 Å². The molecule has 1 atom stereocenters. The average Bonchev–Trinajstić information content (AvgIpc) is 2.94. The number of benzene rings is 1. The molecular formula is C13H15ClFN3O2S. The van der Waals surface area contributed by atoms with Gasteiger partial charge in [-0.1, -0.05) is 0 Å². The summed E-state index contributed by atoms with van der Waals surface area (Å²) in [5, 5.41) is 8.29. The van der Waals surface area contributed by atoms with E-state index in [2.05, 4.69) is 16.0 Å². The Morgan fingerprint density at radius 2 is 2.19 bits per heavy atom. The second-order valence-electron chi connectivity index (χ2n) is 4.80. The highest BCUT2D eigenvalue weighted by molar-refractivity contribution is 7.99. The SMILES string of the molecule is Cl.O=C1CCc2cc(F)c(NC(=O)C3CSCN3)cc2N1. The van der Waals surface area contributed by atoms with Crippen LogP contribution < -0.4 is 16.0 Å². The minimum Gasteiger partial charge on any atom is -0.326 e. The molecule has 2 heterocycles. The smallest absolute Gasteiger partial charge is 0.242 e. The lowest BCUT2D eigenvalue weighted by molar-refractivity contribution is -0.117. The molecule has 5 nitrogen and oxygen atoms in total. The third-order valence-electron chi connectivity index (χ3n) is 3.38. The number of amides is 2.